The first-order valence-electron chi connectivity index (χ1n) is 7.63. The Balaban J connectivity index is 1.80. The van der Waals surface area contributed by atoms with Gasteiger partial charge >= 0.3 is 0 Å². The minimum absolute atomic E-state index is 0.0468. The van der Waals surface area contributed by atoms with E-state index >= 15 is 0 Å². The average molecular weight is 356 g/mol. The highest BCUT2D eigenvalue weighted by Crippen LogP contribution is 2.15. The molecule has 1 heterocycles. The number of non-ortho nitro benzene ring substituents is 1. The molecular weight excluding hydrogens is 336 g/mol. The fourth-order valence-corrected chi connectivity index (χ4v) is 3.45. The Labute approximate surface area is 140 Å². The van der Waals surface area contributed by atoms with E-state index in [0.717, 1.165) is 31.5 Å². The summed E-state index contributed by atoms with van der Waals surface area (Å²) in [5.41, 5.74) is -0.178. The molecule has 0 saturated carbocycles. The Morgan fingerprint density at radius 2 is 2.00 bits per heavy atom. The van der Waals surface area contributed by atoms with Crippen LogP contribution in [0.15, 0.2) is 29.2 Å². The van der Waals surface area contributed by atoms with Gasteiger partial charge in [-0.3, -0.25) is 14.9 Å². The van der Waals surface area contributed by atoms with Gasteiger partial charge in [-0.2, -0.15) is 0 Å². The zero-order valence-electron chi connectivity index (χ0n) is 13.0. The molecule has 1 aliphatic rings. The van der Waals surface area contributed by atoms with Crippen LogP contribution in [0.5, 0.6) is 0 Å². The summed E-state index contributed by atoms with van der Waals surface area (Å²) in [6.07, 6.45) is 1.78. The number of rotatable bonds is 7. The molecule has 24 heavy (non-hydrogen) atoms. The number of benzene rings is 1. The highest BCUT2D eigenvalue weighted by atomic mass is 32.2. The smallest absolute Gasteiger partial charge is 0.269 e. The van der Waals surface area contributed by atoms with Crippen molar-refractivity contribution in [1.82, 2.24) is 15.4 Å². The number of nitrogens with one attached hydrogen (secondary N) is 3. The molecule has 1 aliphatic heterocycles. The van der Waals surface area contributed by atoms with Crippen molar-refractivity contribution in [3.05, 3.63) is 34.4 Å². The second-order valence-corrected chi connectivity index (χ2v) is 7.25. The van der Waals surface area contributed by atoms with Gasteiger partial charge in [0.25, 0.3) is 5.69 Å². The first kappa shape index (κ1) is 18.3. The average Bonchev–Trinajstić information content (AvgIpc) is 2.59. The number of hydrogen-bond acceptors (Lipinski definition) is 6. The van der Waals surface area contributed by atoms with Gasteiger partial charge < -0.3 is 10.6 Å². The molecule has 10 heteroatoms. The summed E-state index contributed by atoms with van der Waals surface area (Å²) >= 11 is 0. The number of carbonyl (C=O) groups is 1. The molecule has 1 fully saturated rings. The molecule has 0 radical (unpaired) electrons. The number of nitrogens with zero attached hydrogens (tertiary/aromatic N) is 1. The van der Waals surface area contributed by atoms with Gasteiger partial charge in [-0.25, -0.2) is 13.1 Å². The quantitative estimate of drug-likeness (QED) is 0.358. The summed E-state index contributed by atoms with van der Waals surface area (Å²) in [4.78, 5) is 21.8. The lowest BCUT2D eigenvalue weighted by molar-refractivity contribution is -0.384. The summed E-state index contributed by atoms with van der Waals surface area (Å²) in [7, 11) is -3.76. The monoisotopic (exact) mass is 356 g/mol. The van der Waals surface area contributed by atoms with Crippen LogP contribution in [0.25, 0.3) is 0 Å². The second kappa shape index (κ2) is 8.18. The lowest BCUT2D eigenvalue weighted by atomic mass is 9.99. The maximum absolute atomic E-state index is 12.1. The summed E-state index contributed by atoms with van der Waals surface area (Å²) in [5, 5.41) is 16.4. The van der Waals surface area contributed by atoms with Crippen molar-refractivity contribution in [1.29, 1.82) is 0 Å². The zero-order valence-corrected chi connectivity index (χ0v) is 13.8. The molecule has 0 aliphatic carbocycles. The van der Waals surface area contributed by atoms with Crippen LogP contribution in [-0.4, -0.2) is 45.4 Å². The molecule has 9 nitrogen and oxygen atoms in total. The van der Waals surface area contributed by atoms with E-state index in [1.54, 1.807) is 0 Å². The fourth-order valence-electron chi connectivity index (χ4n) is 2.42. The van der Waals surface area contributed by atoms with Crippen LogP contribution in [0, 0.1) is 16.0 Å². The van der Waals surface area contributed by atoms with Crippen LogP contribution in [0.1, 0.15) is 12.8 Å². The minimum atomic E-state index is -3.76. The van der Waals surface area contributed by atoms with Gasteiger partial charge in [0.15, 0.2) is 0 Å². The van der Waals surface area contributed by atoms with Crippen molar-refractivity contribution in [3.8, 4) is 0 Å². The molecule has 0 spiro atoms. The van der Waals surface area contributed by atoms with Crippen molar-refractivity contribution in [2.75, 3.05) is 26.2 Å². The Hall–Kier alpha value is -2.04. The Bertz CT molecular complexity index is 684. The van der Waals surface area contributed by atoms with Crippen molar-refractivity contribution >= 4 is 21.6 Å². The van der Waals surface area contributed by atoms with E-state index in [4.69, 9.17) is 0 Å². The predicted molar refractivity (Wildman–Crippen MR) is 86.9 cm³/mol. The minimum Gasteiger partial charge on any atom is -0.355 e. The molecular formula is C14H20N4O5S. The summed E-state index contributed by atoms with van der Waals surface area (Å²) in [6, 6.07) is 4.61. The van der Waals surface area contributed by atoms with Crippen molar-refractivity contribution in [2.24, 2.45) is 5.92 Å². The highest BCUT2D eigenvalue weighted by molar-refractivity contribution is 7.89. The van der Waals surface area contributed by atoms with Crippen molar-refractivity contribution in [3.63, 3.8) is 0 Å². The van der Waals surface area contributed by atoms with Gasteiger partial charge in [-0.1, -0.05) is 0 Å². The molecule has 1 saturated heterocycles. The number of nitro benzene ring substituents is 1. The first-order chi connectivity index (χ1) is 11.4. The van der Waals surface area contributed by atoms with Gasteiger partial charge in [-0.05, 0) is 31.5 Å². The highest BCUT2D eigenvalue weighted by Gasteiger charge is 2.20. The van der Waals surface area contributed by atoms with Crippen LogP contribution in [0.4, 0.5) is 5.69 Å². The molecule has 1 amide bonds. The van der Waals surface area contributed by atoms with Crippen LogP contribution in [-0.2, 0) is 14.8 Å². The summed E-state index contributed by atoms with van der Waals surface area (Å²) in [6.45, 7) is 1.78. The molecule has 2 rings (SSSR count). The van der Waals surface area contributed by atoms with Crippen LogP contribution in [0.3, 0.4) is 0 Å². The van der Waals surface area contributed by atoms with E-state index in [9.17, 15) is 23.3 Å². The van der Waals surface area contributed by atoms with E-state index < -0.39 is 14.9 Å². The number of hydrogen-bond donors (Lipinski definition) is 3. The maximum atomic E-state index is 12.1. The van der Waals surface area contributed by atoms with Crippen molar-refractivity contribution < 1.29 is 18.1 Å². The van der Waals surface area contributed by atoms with Gasteiger partial charge in [-0.15, -0.1) is 0 Å². The molecule has 1 atom stereocenters. The fraction of sp³-hybridized carbons (Fsp3) is 0.500. The second-order valence-electron chi connectivity index (χ2n) is 5.48. The van der Waals surface area contributed by atoms with E-state index in [1.807, 2.05) is 0 Å². The number of sulfonamides is 1. The van der Waals surface area contributed by atoms with Gasteiger partial charge in [0.05, 0.1) is 15.7 Å². The first-order valence-corrected chi connectivity index (χ1v) is 9.11. The Morgan fingerprint density at radius 1 is 1.29 bits per heavy atom. The third-order valence-electron chi connectivity index (χ3n) is 3.74. The normalized spacial score (nSPS) is 18.1. The summed E-state index contributed by atoms with van der Waals surface area (Å²) in [5.74, 6) is -0.165. The van der Waals surface area contributed by atoms with E-state index in [-0.39, 0.29) is 35.5 Å². The SMILES string of the molecule is O=C(NCCNS(=O)(=O)c1ccc([N+](=O)[O-])cc1)C1CCCNC1. The lowest BCUT2D eigenvalue weighted by Gasteiger charge is -2.21. The van der Waals surface area contributed by atoms with Gasteiger partial charge in [0, 0.05) is 31.8 Å². The Morgan fingerprint density at radius 3 is 2.58 bits per heavy atom. The third kappa shape index (κ3) is 4.98. The largest absolute Gasteiger partial charge is 0.355 e. The summed E-state index contributed by atoms with van der Waals surface area (Å²) < 4.78 is 26.5. The number of carbonyl (C=O) groups excluding carboxylic acids is 1. The molecule has 0 bridgehead atoms. The molecule has 3 N–H and O–H groups in total. The number of piperidine rings is 1. The topological polar surface area (TPSA) is 130 Å². The Kier molecular flexibility index (Phi) is 6.23. The van der Waals surface area contributed by atoms with E-state index in [1.165, 1.54) is 12.1 Å². The lowest BCUT2D eigenvalue weighted by Crippen LogP contribution is -2.42. The zero-order chi connectivity index (χ0) is 17.6. The van der Waals surface area contributed by atoms with E-state index in [0.29, 0.717) is 6.54 Å². The van der Waals surface area contributed by atoms with Crippen molar-refractivity contribution in [2.45, 2.75) is 17.7 Å². The molecule has 1 aromatic rings. The predicted octanol–water partition coefficient (Wildman–Crippen LogP) is -0.0111. The van der Waals surface area contributed by atoms with Crippen LogP contribution < -0.4 is 15.4 Å². The third-order valence-corrected chi connectivity index (χ3v) is 5.22. The van der Waals surface area contributed by atoms with Gasteiger partial charge in [0.2, 0.25) is 15.9 Å². The maximum Gasteiger partial charge on any atom is 0.269 e. The number of nitro groups is 1. The van der Waals surface area contributed by atoms with Crippen LogP contribution >= 0.6 is 0 Å². The number of amides is 1. The molecule has 132 valence electrons. The van der Waals surface area contributed by atoms with Crippen LogP contribution in [0.2, 0.25) is 0 Å². The van der Waals surface area contributed by atoms with Gasteiger partial charge in [0.1, 0.15) is 0 Å². The molecule has 1 unspecified atom stereocenters. The molecule has 0 aromatic heterocycles. The van der Waals surface area contributed by atoms with E-state index in [2.05, 4.69) is 15.4 Å². The standard InChI is InChI=1S/C14H20N4O5S/c19-14(11-2-1-7-15-10-11)16-8-9-17-24(22,23)13-5-3-12(4-6-13)18(20)21/h3-6,11,15,17H,1-2,7-10H2,(H,16,19). The molecule has 1 aromatic carbocycles.